The minimum atomic E-state index is -0.795. The van der Waals surface area contributed by atoms with Gasteiger partial charge in [0.15, 0.2) is 11.2 Å². The second kappa shape index (κ2) is 2.87. The zero-order valence-electron chi connectivity index (χ0n) is 11.0. The van der Waals surface area contributed by atoms with E-state index in [4.69, 9.17) is 14.2 Å². The highest BCUT2D eigenvalue weighted by atomic mass is 16.6. The lowest BCUT2D eigenvalue weighted by atomic mass is 9.34. The van der Waals surface area contributed by atoms with Crippen molar-refractivity contribution in [3.8, 4) is 0 Å². The van der Waals surface area contributed by atoms with Gasteiger partial charge in [0, 0.05) is 37.9 Å². The first-order valence-corrected chi connectivity index (χ1v) is 6.56. The van der Waals surface area contributed by atoms with Crippen molar-refractivity contribution in [1.29, 1.82) is 0 Å². The number of hydrogen-bond acceptors (Lipinski definition) is 5. The molecule has 2 saturated heterocycles. The quantitative estimate of drug-likeness (QED) is 0.561. The molecule has 0 spiro atoms. The zero-order valence-corrected chi connectivity index (χ0v) is 11.0. The highest BCUT2D eigenvalue weighted by molar-refractivity contribution is 5.90. The molecule has 5 nitrogen and oxygen atoms in total. The van der Waals surface area contributed by atoms with Gasteiger partial charge in [-0.25, -0.2) is 4.79 Å². The Morgan fingerprint density at radius 1 is 1.47 bits per heavy atom. The summed E-state index contributed by atoms with van der Waals surface area (Å²) >= 11 is 0. The van der Waals surface area contributed by atoms with Crippen LogP contribution in [0.4, 0.5) is 0 Å². The number of carbonyl (C=O) groups is 2. The molecule has 102 valence electrons. The Morgan fingerprint density at radius 2 is 2.16 bits per heavy atom. The van der Waals surface area contributed by atoms with E-state index in [0.717, 1.165) is 0 Å². The molecule has 2 aliphatic heterocycles. The average molecular weight is 264 g/mol. The largest absolute Gasteiger partial charge is 0.454 e. The molecule has 3 unspecified atom stereocenters. The van der Waals surface area contributed by atoms with Gasteiger partial charge in [-0.1, -0.05) is 6.58 Å². The van der Waals surface area contributed by atoms with Crippen LogP contribution in [0.5, 0.6) is 0 Å². The molecule has 2 heterocycles. The Hall–Kier alpha value is -1.36. The fraction of sp³-hybridized carbons (Fsp3) is 0.714. The summed E-state index contributed by atoms with van der Waals surface area (Å²) in [6, 6.07) is 0. The molecule has 8 rings (SSSR count). The molecule has 0 N–H and O–H groups in total. The highest BCUT2D eigenvalue weighted by Crippen LogP contribution is 2.80. The second-order valence-electron chi connectivity index (χ2n) is 6.42. The van der Waals surface area contributed by atoms with Crippen LogP contribution < -0.4 is 0 Å². The van der Waals surface area contributed by atoms with E-state index >= 15 is 0 Å². The van der Waals surface area contributed by atoms with Crippen molar-refractivity contribution >= 4 is 11.9 Å². The third-order valence-electron chi connectivity index (χ3n) is 5.60. The molecular formula is C14H16O5. The predicted molar refractivity (Wildman–Crippen MR) is 63.0 cm³/mol. The first-order chi connectivity index (χ1) is 8.91. The van der Waals surface area contributed by atoms with E-state index in [9.17, 15) is 9.59 Å². The summed E-state index contributed by atoms with van der Waals surface area (Å²) in [6.45, 7) is 5.22. The van der Waals surface area contributed by atoms with Crippen LogP contribution in [0, 0.1) is 11.3 Å². The van der Waals surface area contributed by atoms with Gasteiger partial charge in [-0.2, -0.15) is 0 Å². The number of esters is 2. The van der Waals surface area contributed by atoms with Gasteiger partial charge in [0.25, 0.3) is 0 Å². The molecule has 6 saturated carbocycles. The van der Waals surface area contributed by atoms with Gasteiger partial charge in [-0.15, -0.1) is 0 Å². The molecule has 8 aliphatic rings. The standard InChI is InChI=1S/C14H16O5/c1-7(2)10(15)18-14-4-8(9(14)17-3)12-5-13(14,6-12)19-11(12)16/h8-9H,1,4-6H2,2-3H3. The maximum atomic E-state index is 12.0. The first-order valence-electron chi connectivity index (χ1n) is 6.56. The van der Waals surface area contributed by atoms with E-state index < -0.39 is 17.2 Å². The second-order valence-corrected chi connectivity index (χ2v) is 6.42. The van der Waals surface area contributed by atoms with Gasteiger partial charge in [0.1, 0.15) is 6.10 Å². The van der Waals surface area contributed by atoms with Crippen molar-refractivity contribution < 1.29 is 23.8 Å². The van der Waals surface area contributed by atoms with E-state index in [2.05, 4.69) is 6.58 Å². The molecule has 0 aromatic rings. The van der Waals surface area contributed by atoms with E-state index in [1.807, 2.05) is 0 Å². The summed E-state index contributed by atoms with van der Waals surface area (Å²) in [5.74, 6) is -0.449. The minimum Gasteiger partial charge on any atom is -0.454 e. The Balaban J connectivity index is 1.74. The van der Waals surface area contributed by atoms with Crippen LogP contribution >= 0.6 is 0 Å². The summed E-state index contributed by atoms with van der Waals surface area (Å²) in [4.78, 5) is 23.9. The van der Waals surface area contributed by atoms with E-state index in [0.29, 0.717) is 24.8 Å². The summed E-state index contributed by atoms with van der Waals surface area (Å²) in [6.07, 6.45) is 1.78. The SMILES string of the molecule is C=C(C)C(=O)OC12CC(C1OC)C13CC2(C1)OC3=O. The maximum Gasteiger partial charge on any atom is 0.333 e. The van der Waals surface area contributed by atoms with Crippen LogP contribution in [-0.4, -0.2) is 36.4 Å². The first kappa shape index (κ1) is 11.5. The minimum absolute atomic E-state index is 0.118. The fourth-order valence-corrected chi connectivity index (χ4v) is 4.71. The van der Waals surface area contributed by atoms with Crippen LogP contribution in [0.1, 0.15) is 26.2 Å². The number of carbonyl (C=O) groups excluding carboxylic acids is 2. The van der Waals surface area contributed by atoms with Gasteiger partial charge in [-0.05, 0) is 6.92 Å². The van der Waals surface area contributed by atoms with Gasteiger partial charge in [0.05, 0.1) is 5.41 Å². The predicted octanol–water partition coefficient (Wildman–Crippen LogP) is 0.969. The lowest BCUT2D eigenvalue weighted by Gasteiger charge is -2.72. The van der Waals surface area contributed by atoms with Crippen LogP contribution in [0.25, 0.3) is 0 Å². The van der Waals surface area contributed by atoms with Crippen molar-refractivity contribution in [3.63, 3.8) is 0 Å². The molecule has 0 amide bonds. The summed E-state index contributed by atoms with van der Waals surface area (Å²) in [5, 5.41) is 0. The van der Waals surface area contributed by atoms with Crippen LogP contribution in [0.15, 0.2) is 12.2 Å². The smallest absolute Gasteiger partial charge is 0.333 e. The summed E-state index contributed by atoms with van der Waals surface area (Å²) < 4.78 is 16.8. The molecule has 3 atom stereocenters. The molecule has 6 aliphatic carbocycles. The van der Waals surface area contributed by atoms with Crippen molar-refractivity contribution in [1.82, 2.24) is 0 Å². The third-order valence-corrected chi connectivity index (χ3v) is 5.60. The van der Waals surface area contributed by atoms with Crippen molar-refractivity contribution in [2.45, 2.75) is 43.5 Å². The van der Waals surface area contributed by atoms with Gasteiger partial charge in [0.2, 0.25) is 0 Å². The Kier molecular flexibility index (Phi) is 1.73. The molecule has 19 heavy (non-hydrogen) atoms. The average Bonchev–Trinajstić information content (AvgIpc) is 2.66. The summed E-state index contributed by atoms with van der Waals surface area (Å²) in [7, 11) is 1.60. The lowest BCUT2D eigenvalue weighted by molar-refractivity contribution is -0.356. The molecule has 8 fully saturated rings. The van der Waals surface area contributed by atoms with E-state index in [1.54, 1.807) is 14.0 Å². The lowest BCUT2D eigenvalue weighted by Crippen LogP contribution is -2.84. The molecule has 0 aromatic carbocycles. The topological polar surface area (TPSA) is 61.8 Å². The van der Waals surface area contributed by atoms with Gasteiger partial charge < -0.3 is 14.2 Å². The normalized spacial score (nSPS) is 51.8. The Bertz CT molecular complexity index is 530. The number of rotatable bonds is 3. The Labute approximate surface area is 110 Å². The monoisotopic (exact) mass is 264 g/mol. The van der Waals surface area contributed by atoms with Crippen LogP contribution in [-0.2, 0) is 23.8 Å². The summed E-state index contributed by atoms with van der Waals surface area (Å²) in [5.41, 5.74) is -1.46. The van der Waals surface area contributed by atoms with E-state index in [-0.39, 0.29) is 23.4 Å². The number of hydrogen-bond donors (Lipinski definition) is 0. The van der Waals surface area contributed by atoms with Crippen molar-refractivity contribution in [2.75, 3.05) is 7.11 Å². The molecule has 0 radical (unpaired) electrons. The number of ether oxygens (including phenoxy) is 3. The maximum absolute atomic E-state index is 12.0. The van der Waals surface area contributed by atoms with Crippen LogP contribution in [0.3, 0.4) is 0 Å². The van der Waals surface area contributed by atoms with Gasteiger partial charge >= 0.3 is 11.9 Å². The molecule has 4 bridgehead atoms. The number of methoxy groups -OCH3 is 1. The third kappa shape index (κ3) is 0.909. The van der Waals surface area contributed by atoms with Gasteiger partial charge in [-0.3, -0.25) is 4.79 Å². The fourth-order valence-electron chi connectivity index (χ4n) is 4.71. The number of fused-ring (bicyclic) bond motifs is 1. The Morgan fingerprint density at radius 3 is 2.74 bits per heavy atom. The highest BCUT2D eigenvalue weighted by Gasteiger charge is 2.93. The van der Waals surface area contributed by atoms with Crippen LogP contribution in [0.2, 0.25) is 0 Å². The van der Waals surface area contributed by atoms with E-state index in [1.165, 1.54) is 0 Å². The zero-order chi connectivity index (χ0) is 13.6. The molecule has 5 heteroatoms. The molecule has 0 aromatic heterocycles. The van der Waals surface area contributed by atoms with Crippen molar-refractivity contribution in [3.05, 3.63) is 12.2 Å². The molecular weight excluding hydrogens is 248 g/mol. The van der Waals surface area contributed by atoms with Crippen molar-refractivity contribution in [2.24, 2.45) is 11.3 Å².